The number of rotatable bonds is 2. The van der Waals surface area contributed by atoms with Crippen LogP contribution in [0.15, 0.2) is 4.52 Å². The molecule has 0 bridgehead atoms. The molecule has 1 aromatic heterocycles. The summed E-state index contributed by atoms with van der Waals surface area (Å²) >= 11 is 0. The third kappa shape index (κ3) is 0.859. The maximum Gasteiger partial charge on any atom is 0.377 e. The molecule has 52 valence electrons. The zero-order valence-electron chi connectivity index (χ0n) is 4.64. The van der Waals surface area contributed by atoms with Crippen LogP contribution in [-0.2, 0) is 0 Å². The van der Waals surface area contributed by atoms with Gasteiger partial charge in [-0.2, -0.15) is 0 Å². The SMILES string of the molecule is O=Cc1nnoc1C(=O)O. The van der Waals surface area contributed by atoms with Crippen molar-refractivity contribution in [1.29, 1.82) is 0 Å². The Hall–Kier alpha value is -1.72. The standard InChI is InChI=1S/C4H2N2O4/c7-1-2-3(4(8)9)10-6-5-2/h1H,(H,8,9). The molecule has 6 nitrogen and oxygen atoms in total. The monoisotopic (exact) mass is 142 g/mol. The van der Waals surface area contributed by atoms with E-state index in [2.05, 4.69) is 14.9 Å². The molecule has 0 atom stereocenters. The summed E-state index contributed by atoms with van der Waals surface area (Å²) in [6.07, 6.45) is 0.264. The number of aromatic carboxylic acids is 1. The first kappa shape index (κ1) is 6.40. The summed E-state index contributed by atoms with van der Waals surface area (Å²) in [5.74, 6) is -1.89. The van der Waals surface area contributed by atoms with Crippen LogP contribution >= 0.6 is 0 Å². The molecule has 0 aliphatic carbocycles. The lowest BCUT2D eigenvalue weighted by molar-refractivity contribution is 0.0648. The van der Waals surface area contributed by atoms with Crippen LogP contribution in [0.1, 0.15) is 21.0 Å². The van der Waals surface area contributed by atoms with E-state index in [0.29, 0.717) is 0 Å². The number of aldehydes is 1. The Kier molecular flexibility index (Phi) is 1.44. The van der Waals surface area contributed by atoms with Gasteiger partial charge in [-0.3, -0.25) is 4.79 Å². The van der Waals surface area contributed by atoms with Gasteiger partial charge in [0, 0.05) is 5.27 Å². The fourth-order valence-corrected chi connectivity index (χ4v) is 0.423. The lowest BCUT2D eigenvalue weighted by atomic mass is 10.4. The van der Waals surface area contributed by atoms with Crippen molar-refractivity contribution >= 4 is 12.3 Å². The van der Waals surface area contributed by atoms with Gasteiger partial charge in [-0.25, -0.2) is 4.79 Å². The number of aromatic nitrogens is 2. The molecular weight excluding hydrogens is 140 g/mol. The van der Waals surface area contributed by atoms with Gasteiger partial charge in [-0.05, 0) is 0 Å². The van der Waals surface area contributed by atoms with Crippen molar-refractivity contribution < 1.29 is 19.2 Å². The zero-order chi connectivity index (χ0) is 7.56. The van der Waals surface area contributed by atoms with E-state index in [1.165, 1.54) is 0 Å². The predicted octanol–water partition coefficient (Wildman–Crippen LogP) is -0.420. The molecule has 1 heterocycles. The second kappa shape index (κ2) is 2.26. The van der Waals surface area contributed by atoms with E-state index < -0.39 is 11.7 Å². The molecule has 1 rings (SSSR count). The molecule has 0 amide bonds. The van der Waals surface area contributed by atoms with Gasteiger partial charge in [0.05, 0.1) is 0 Å². The summed E-state index contributed by atoms with van der Waals surface area (Å²) in [6, 6.07) is 0. The quantitative estimate of drug-likeness (QED) is 0.563. The van der Waals surface area contributed by atoms with Crippen molar-refractivity contribution in [3.63, 3.8) is 0 Å². The minimum atomic E-state index is -1.35. The van der Waals surface area contributed by atoms with Gasteiger partial charge in [-0.1, -0.05) is 0 Å². The molecular formula is C4H2N2O4. The topological polar surface area (TPSA) is 93.3 Å². The number of hydrogen-bond acceptors (Lipinski definition) is 5. The molecule has 0 spiro atoms. The minimum Gasteiger partial charge on any atom is -0.475 e. The highest BCUT2D eigenvalue weighted by atomic mass is 16.5. The normalized spacial score (nSPS) is 9.20. The van der Waals surface area contributed by atoms with Crippen LogP contribution in [0, 0.1) is 0 Å². The lowest BCUT2D eigenvalue weighted by Crippen LogP contribution is -1.98. The van der Waals surface area contributed by atoms with E-state index >= 15 is 0 Å². The average molecular weight is 142 g/mol. The van der Waals surface area contributed by atoms with Gasteiger partial charge in [0.1, 0.15) is 0 Å². The number of carbonyl (C=O) groups is 2. The molecule has 10 heavy (non-hydrogen) atoms. The van der Waals surface area contributed by atoms with E-state index in [1.54, 1.807) is 0 Å². The molecule has 0 fully saturated rings. The van der Waals surface area contributed by atoms with Crippen LogP contribution in [0.5, 0.6) is 0 Å². The van der Waals surface area contributed by atoms with Crippen molar-refractivity contribution in [2.45, 2.75) is 0 Å². The summed E-state index contributed by atoms with van der Waals surface area (Å²) in [5, 5.41) is 14.2. The van der Waals surface area contributed by atoms with Crippen molar-refractivity contribution in [3.8, 4) is 0 Å². The fraction of sp³-hybridized carbons (Fsp3) is 0. The third-order valence-corrected chi connectivity index (χ3v) is 0.819. The summed E-state index contributed by atoms with van der Waals surface area (Å²) in [5.41, 5.74) is -0.299. The Balaban J connectivity index is 3.13. The molecule has 1 aromatic rings. The van der Waals surface area contributed by atoms with Crippen LogP contribution < -0.4 is 0 Å². The Labute approximate surface area is 54.4 Å². The molecule has 0 radical (unpaired) electrons. The lowest BCUT2D eigenvalue weighted by Gasteiger charge is -1.80. The number of carboxylic acid groups (broad SMARTS) is 1. The largest absolute Gasteiger partial charge is 0.475 e. The van der Waals surface area contributed by atoms with Crippen LogP contribution in [0.2, 0.25) is 0 Å². The summed E-state index contributed by atoms with van der Waals surface area (Å²) in [7, 11) is 0. The van der Waals surface area contributed by atoms with Gasteiger partial charge in [0.2, 0.25) is 0 Å². The molecule has 6 heteroatoms. The Bertz CT molecular complexity index is 266. The smallest absolute Gasteiger partial charge is 0.377 e. The number of nitrogens with zero attached hydrogens (tertiary/aromatic N) is 2. The van der Waals surface area contributed by atoms with Crippen molar-refractivity contribution in [2.75, 3.05) is 0 Å². The van der Waals surface area contributed by atoms with Gasteiger partial charge in [0.15, 0.2) is 12.0 Å². The first-order valence-electron chi connectivity index (χ1n) is 2.26. The van der Waals surface area contributed by atoms with Crippen molar-refractivity contribution in [2.24, 2.45) is 0 Å². The molecule has 0 aromatic carbocycles. The highest BCUT2D eigenvalue weighted by molar-refractivity contribution is 5.92. The first-order valence-corrected chi connectivity index (χ1v) is 2.26. The summed E-state index contributed by atoms with van der Waals surface area (Å²) in [6.45, 7) is 0. The highest BCUT2D eigenvalue weighted by Gasteiger charge is 2.15. The van der Waals surface area contributed by atoms with Crippen LogP contribution in [0.25, 0.3) is 0 Å². The van der Waals surface area contributed by atoms with Crippen LogP contribution in [0.3, 0.4) is 0 Å². The van der Waals surface area contributed by atoms with Gasteiger partial charge in [0.25, 0.3) is 5.76 Å². The minimum absolute atomic E-state index is 0.264. The summed E-state index contributed by atoms with van der Waals surface area (Å²) < 4.78 is 4.13. The average Bonchev–Trinajstić information content (AvgIpc) is 2.33. The van der Waals surface area contributed by atoms with E-state index in [-0.39, 0.29) is 12.0 Å². The maximum absolute atomic E-state index is 10.1. The molecule has 0 unspecified atom stereocenters. The number of carbonyl (C=O) groups excluding carboxylic acids is 1. The van der Waals surface area contributed by atoms with Gasteiger partial charge in [-0.15, -0.1) is 5.10 Å². The van der Waals surface area contributed by atoms with E-state index in [4.69, 9.17) is 5.11 Å². The predicted molar refractivity (Wildman–Crippen MR) is 26.6 cm³/mol. The molecule has 0 aliphatic rings. The van der Waals surface area contributed by atoms with E-state index in [0.717, 1.165) is 0 Å². The number of carboxylic acids is 1. The third-order valence-electron chi connectivity index (χ3n) is 0.819. The van der Waals surface area contributed by atoms with Gasteiger partial charge < -0.3 is 9.63 Å². The summed E-state index contributed by atoms with van der Waals surface area (Å²) in [4.78, 5) is 20.1. The first-order chi connectivity index (χ1) is 4.75. The Morgan fingerprint density at radius 1 is 1.70 bits per heavy atom. The Morgan fingerprint density at radius 2 is 2.40 bits per heavy atom. The van der Waals surface area contributed by atoms with E-state index in [9.17, 15) is 9.59 Å². The van der Waals surface area contributed by atoms with Crippen molar-refractivity contribution in [3.05, 3.63) is 11.5 Å². The fourth-order valence-electron chi connectivity index (χ4n) is 0.423. The highest BCUT2D eigenvalue weighted by Crippen LogP contribution is 1.99. The molecule has 0 saturated carbocycles. The molecule has 0 aliphatic heterocycles. The number of hydrogen-bond donors (Lipinski definition) is 1. The molecule has 1 N–H and O–H groups in total. The van der Waals surface area contributed by atoms with Gasteiger partial charge >= 0.3 is 5.97 Å². The van der Waals surface area contributed by atoms with Crippen molar-refractivity contribution in [1.82, 2.24) is 10.4 Å². The second-order valence-electron chi connectivity index (χ2n) is 1.41. The molecule has 0 saturated heterocycles. The second-order valence-corrected chi connectivity index (χ2v) is 1.41. The van der Waals surface area contributed by atoms with Crippen LogP contribution in [0.4, 0.5) is 0 Å². The Morgan fingerprint density at radius 3 is 2.80 bits per heavy atom. The van der Waals surface area contributed by atoms with E-state index in [1.807, 2.05) is 0 Å². The maximum atomic E-state index is 10.1. The van der Waals surface area contributed by atoms with Crippen LogP contribution in [-0.4, -0.2) is 27.7 Å². The zero-order valence-corrected chi connectivity index (χ0v) is 4.64.